The quantitative estimate of drug-likeness (QED) is 0.583. The first-order chi connectivity index (χ1) is 12.1. The Morgan fingerprint density at radius 1 is 1.15 bits per heavy atom. The molecule has 140 valence electrons. The minimum atomic E-state index is -1.04. The van der Waals surface area contributed by atoms with E-state index >= 15 is 0 Å². The SMILES string of the molecule is CC(C)(C)OC(=O)NC(c1ccc(Cl)cc1Br)C(O)c1cccc(Cl)c1. The molecule has 2 aromatic carbocycles. The lowest BCUT2D eigenvalue weighted by Gasteiger charge is -2.28. The Balaban J connectivity index is 2.39. The summed E-state index contributed by atoms with van der Waals surface area (Å²) in [6, 6.07) is 11.2. The molecule has 0 aliphatic rings. The minimum absolute atomic E-state index is 0.493. The first-order valence-corrected chi connectivity index (χ1v) is 9.50. The number of aliphatic hydroxyl groups excluding tert-OH is 1. The van der Waals surface area contributed by atoms with Crippen LogP contribution in [-0.2, 0) is 4.74 Å². The number of ether oxygens (including phenoxy) is 1. The average Bonchev–Trinajstić information content (AvgIpc) is 2.51. The van der Waals surface area contributed by atoms with E-state index in [4.69, 9.17) is 27.9 Å². The van der Waals surface area contributed by atoms with Crippen molar-refractivity contribution in [3.63, 3.8) is 0 Å². The van der Waals surface area contributed by atoms with E-state index in [1.807, 2.05) is 0 Å². The van der Waals surface area contributed by atoms with Crippen molar-refractivity contribution >= 4 is 45.2 Å². The Bertz CT molecular complexity index is 793. The van der Waals surface area contributed by atoms with Gasteiger partial charge in [0.05, 0.1) is 6.04 Å². The summed E-state index contributed by atoms with van der Waals surface area (Å²) in [6.07, 6.45) is -1.68. The van der Waals surface area contributed by atoms with Crippen LogP contribution in [-0.4, -0.2) is 16.8 Å². The molecule has 7 heteroatoms. The molecule has 0 fully saturated rings. The molecule has 0 saturated heterocycles. The largest absolute Gasteiger partial charge is 0.444 e. The van der Waals surface area contributed by atoms with Gasteiger partial charge in [-0.15, -0.1) is 0 Å². The fourth-order valence-corrected chi connectivity index (χ4v) is 3.53. The standard InChI is InChI=1S/C19H20BrCl2NO3/c1-19(2,3)26-18(25)23-16(14-8-7-13(22)10-15(14)20)17(24)11-5-4-6-12(21)9-11/h4-10,16-17,24H,1-3H3,(H,23,25). The number of hydrogen-bond donors (Lipinski definition) is 2. The van der Waals surface area contributed by atoms with Gasteiger partial charge in [-0.05, 0) is 56.2 Å². The monoisotopic (exact) mass is 459 g/mol. The third-order valence-electron chi connectivity index (χ3n) is 3.48. The molecule has 0 aliphatic carbocycles. The van der Waals surface area contributed by atoms with E-state index in [0.717, 1.165) is 0 Å². The van der Waals surface area contributed by atoms with Crippen molar-refractivity contribution in [1.82, 2.24) is 5.32 Å². The number of alkyl carbamates (subject to hydrolysis) is 1. The van der Waals surface area contributed by atoms with Crippen molar-refractivity contribution in [3.05, 3.63) is 68.1 Å². The average molecular weight is 461 g/mol. The molecule has 2 rings (SSSR count). The first-order valence-electron chi connectivity index (χ1n) is 7.95. The molecule has 1 amide bonds. The van der Waals surface area contributed by atoms with Crippen LogP contribution in [0.2, 0.25) is 10.0 Å². The van der Waals surface area contributed by atoms with Crippen LogP contribution in [0, 0.1) is 0 Å². The first kappa shape index (κ1) is 21.0. The summed E-state index contributed by atoms with van der Waals surface area (Å²) < 4.78 is 5.99. The highest BCUT2D eigenvalue weighted by Gasteiger charge is 2.28. The van der Waals surface area contributed by atoms with Gasteiger partial charge in [0.15, 0.2) is 0 Å². The van der Waals surface area contributed by atoms with Gasteiger partial charge in [-0.25, -0.2) is 4.79 Å². The Morgan fingerprint density at radius 2 is 1.81 bits per heavy atom. The van der Waals surface area contributed by atoms with Crippen LogP contribution in [0.5, 0.6) is 0 Å². The van der Waals surface area contributed by atoms with Gasteiger partial charge in [-0.1, -0.05) is 57.3 Å². The molecule has 0 aliphatic heterocycles. The Labute approximate surface area is 171 Å². The maximum atomic E-state index is 12.3. The Hall–Kier alpha value is -1.27. The van der Waals surface area contributed by atoms with Crippen LogP contribution < -0.4 is 5.32 Å². The second kappa shape index (κ2) is 8.61. The number of halogens is 3. The second-order valence-corrected chi connectivity index (χ2v) is 8.52. The zero-order chi connectivity index (χ0) is 19.5. The number of aliphatic hydroxyl groups is 1. The smallest absolute Gasteiger partial charge is 0.408 e. The maximum absolute atomic E-state index is 12.3. The number of hydrogen-bond acceptors (Lipinski definition) is 3. The molecular formula is C19H20BrCl2NO3. The summed E-state index contributed by atoms with van der Waals surface area (Å²) in [5.41, 5.74) is 0.570. The summed E-state index contributed by atoms with van der Waals surface area (Å²) in [4.78, 5) is 12.3. The molecule has 2 aromatic rings. The topological polar surface area (TPSA) is 58.6 Å². The molecule has 0 spiro atoms. The lowest BCUT2D eigenvalue weighted by molar-refractivity contribution is 0.0419. The summed E-state index contributed by atoms with van der Waals surface area (Å²) in [5.74, 6) is 0. The van der Waals surface area contributed by atoms with Crippen molar-refractivity contribution in [2.75, 3.05) is 0 Å². The Kier molecular flexibility index (Phi) is 6.97. The summed E-state index contributed by atoms with van der Waals surface area (Å²) in [6.45, 7) is 5.31. The van der Waals surface area contributed by atoms with E-state index in [-0.39, 0.29) is 0 Å². The molecule has 0 bridgehead atoms. The number of carbonyl (C=O) groups is 1. The second-order valence-electron chi connectivity index (χ2n) is 6.79. The molecule has 0 radical (unpaired) electrons. The van der Waals surface area contributed by atoms with Gasteiger partial charge in [-0.3, -0.25) is 0 Å². The third kappa shape index (κ3) is 5.88. The third-order valence-corrected chi connectivity index (χ3v) is 4.63. The van der Waals surface area contributed by atoms with Crippen LogP contribution in [0.25, 0.3) is 0 Å². The van der Waals surface area contributed by atoms with E-state index in [1.165, 1.54) is 0 Å². The van der Waals surface area contributed by atoms with Crippen LogP contribution in [0.3, 0.4) is 0 Å². The van der Waals surface area contributed by atoms with Crippen molar-refractivity contribution in [2.45, 2.75) is 38.5 Å². The van der Waals surface area contributed by atoms with Gasteiger partial charge in [0.1, 0.15) is 11.7 Å². The summed E-state index contributed by atoms with van der Waals surface area (Å²) in [5, 5.41) is 14.7. The molecule has 26 heavy (non-hydrogen) atoms. The van der Waals surface area contributed by atoms with E-state index in [9.17, 15) is 9.90 Å². The fraction of sp³-hybridized carbons (Fsp3) is 0.316. The van der Waals surface area contributed by atoms with Crippen molar-refractivity contribution in [1.29, 1.82) is 0 Å². The highest BCUT2D eigenvalue weighted by Crippen LogP contribution is 2.35. The van der Waals surface area contributed by atoms with Crippen molar-refractivity contribution in [3.8, 4) is 0 Å². The molecule has 4 nitrogen and oxygen atoms in total. The predicted molar refractivity (Wildman–Crippen MR) is 108 cm³/mol. The fourth-order valence-electron chi connectivity index (χ4n) is 2.40. The minimum Gasteiger partial charge on any atom is -0.444 e. The van der Waals surface area contributed by atoms with E-state index in [2.05, 4.69) is 21.2 Å². The highest BCUT2D eigenvalue weighted by atomic mass is 79.9. The molecule has 2 atom stereocenters. The van der Waals surface area contributed by atoms with Crippen LogP contribution >= 0.6 is 39.1 Å². The summed E-state index contributed by atoms with van der Waals surface area (Å²) in [7, 11) is 0. The number of benzene rings is 2. The predicted octanol–water partition coefficient (Wildman–Crippen LogP) is 6.06. The van der Waals surface area contributed by atoms with E-state index < -0.39 is 23.8 Å². The number of rotatable bonds is 4. The molecule has 2 unspecified atom stereocenters. The lowest BCUT2D eigenvalue weighted by Crippen LogP contribution is -2.37. The molecule has 0 heterocycles. The van der Waals surface area contributed by atoms with Gasteiger partial charge in [-0.2, -0.15) is 0 Å². The van der Waals surface area contributed by atoms with Gasteiger partial charge >= 0.3 is 6.09 Å². The maximum Gasteiger partial charge on any atom is 0.408 e. The number of carbonyl (C=O) groups excluding carboxylic acids is 1. The summed E-state index contributed by atoms with van der Waals surface area (Å²) >= 11 is 15.5. The van der Waals surface area contributed by atoms with E-state index in [1.54, 1.807) is 63.2 Å². The van der Waals surface area contributed by atoms with Crippen molar-refractivity contribution in [2.24, 2.45) is 0 Å². The van der Waals surface area contributed by atoms with Gasteiger partial charge in [0.2, 0.25) is 0 Å². The van der Waals surface area contributed by atoms with Crippen molar-refractivity contribution < 1.29 is 14.6 Å². The molecule has 0 aromatic heterocycles. The Morgan fingerprint density at radius 3 is 2.38 bits per heavy atom. The molecule has 0 saturated carbocycles. The highest BCUT2D eigenvalue weighted by molar-refractivity contribution is 9.10. The number of nitrogens with one attached hydrogen (secondary N) is 1. The van der Waals surface area contributed by atoms with E-state index in [0.29, 0.717) is 25.6 Å². The van der Waals surface area contributed by atoms with Gasteiger partial charge in [0.25, 0.3) is 0 Å². The molecular weight excluding hydrogens is 441 g/mol. The van der Waals surface area contributed by atoms with Crippen LogP contribution in [0.1, 0.15) is 44.0 Å². The van der Waals surface area contributed by atoms with Crippen LogP contribution in [0.15, 0.2) is 46.9 Å². The lowest BCUT2D eigenvalue weighted by atomic mass is 9.96. The zero-order valence-corrected chi connectivity index (χ0v) is 17.7. The number of amides is 1. The molecule has 2 N–H and O–H groups in total. The van der Waals surface area contributed by atoms with Gasteiger partial charge in [0, 0.05) is 14.5 Å². The normalized spacial score (nSPS) is 13.8. The zero-order valence-electron chi connectivity index (χ0n) is 14.6. The van der Waals surface area contributed by atoms with Gasteiger partial charge < -0.3 is 15.2 Å². The van der Waals surface area contributed by atoms with Crippen LogP contribution in [0.4, 0.5) is 4.79 Å².